The van der Waals surface area contributed by atoms with Gasteiger partial charge in [0.05, 0.1) is 24.2 Å². The maximum absolute atomic E-state index is 11.9. The maximum Gasteiger partial charge on any atom is 0.350 e. The van der Waals surface area contributed by atoms with Crippen LogP contribution in [0.5, 0.6) is 0 Å². The van der Waals surface area contributed by atoms with E-state index >= 15 is 0 Å². The van der Waals surface area contributed by atoms with Gasteiger partial charge in [0.1, 0.15) is 4.88 Å². The first-order valence-corrected chi connectivity index (χ1v) is 8.59. The van der Waals surface area contributed by atoms with Crippen LogP contribution >= 0.6 is 11.3 Å². The number of carbonyl (C=O) groups is 1. The maximum atomic E-state index is 11.9. The lowest BCUT2D eigenvalue weighted by atomic mass is 10.1. The highest BCUT2D eigenvalue weighted by molar-refractivity contribution is 7.16. The number of aryl methyl sites for hydroxylation is 3. The largest absolute Gasteiger partial charge is 0.462 e. The number of nitrogens with zero attached hydrogens (tertiary/aromatic N) is 4. The first kappa shape index (κ1) is 16.3. The molecule has 0 saturated carbocycles. The van der Waals surface area contributed by atoms with E-state index in [9.17, 15) is 4.79 Å². The van der Waals surface area contributed by atoms with Gasteiger partial charge in [0.2, 0.25) is 5.13 Å². The van der Waals surface area contributed by atoms with E-state index in [1.165, 1.54) is 16.9 Å². The molecule has 0 aliphatic heterocycles. The number of aromatic nitrogens is 4. The van der Waals surface area contributed by atoms with Crippen molar-refractivity contribution >= 4 is 17.3 Å². The number of hydrogen-bond donors (Lipinski definition) is 0. The SMILES string of the molecule is CCOC(=O)c1sc(-n2cc(CCc3ccccc3)nn2)nc1C. The highest BCUT2D eigenvalue weighted by Gasteiger charge is 2.18. The molecule has 0 aliphatic rings. The summed E-state index contributed by atoms with van der Waals surface area (Å²) < 4.78 is 6.65. The van der Waals surface area contributed by atoms with Crippen molar-refractivity contribution in [2.45, 2.75) is 26.7 Å². The van der Waals surface area contributed by atoms with Gasteiger partial charge >= 0.3 is 5.97 Å². The summed E-state index contributed by atoms with van der Waals surface area (Å²) in [7, 11) is 0. The van der Waals surface area contributed by atoms with E-state index < -0.39 is 0 Å². The molecular weight excluding hydrogens is 324 g/mol. The van der Waals surface area contributed by atoms with Crippen LogP contribution in [0.25, 0.3) is 5.13 Å². The van der Waals surface area contributed by atoms with Gasteiger partial charge < -0.3 is 4.74 Å². The second kappa shape index (κ2) is 7.35. The lowest BCUT2D eigenvalue weighted by Crippen LogP contribution is -2.03. The minimum Gasteiger partial charge on any atom is -0.462 e. The highest BCUT2D eigenvalue weighted by Crippen LogP contribution is 2.22. The third-order valence-electron chi connectivity index (χ3n) is 3.50. The molecule has 0 aliphatic carbocycles. The average molecular weight is 342 g/mol. The van der Waals surface area contributed by atoms with Crippen LogP contribution in [0.1, 0.15) is 33.5 Å². The molecule has 0 spiro atoms. The van der Waals surface area contributed by atoms with Gasteiger partial charge in [-0.15, -0.1) is 5.10 Å². The number of ether oxygens (including phenoxy) is 1. The molecule has 24 heavy (non-hydrogen) atoms. The van der Waals surface area contributed by atoms with Crippen molar-refractivity contribution in [3.63, 3.8) is 0 Å². The fourth-order valence-corrected chi connectivity index (χ4v) is 3.17. The molecule has 0 fully saturated rings. The summed E-state index contributed by atoms with van der Waals surface area (Å²) in [5, 5.41) is 8.93. The first-order valence-electron chi connectivity index (χ1n) is 7.77. The molecule has 3 rings (SSSR count). The number of rotatable bonds is 6. The molecule has 3 aromatic rings. The fourth-order valence-electron chi connectivity index (χ4n) is 2.29. The summed E-state index contributed by atoms with van der Waals surface area (Å²) >= 11 is 1.26. The molecule has 0 unspecified atom stereocenters. The molecule has 0 saturated heterocycles. The Balaban J connectivity index is 1.71. The molecule has 2 aromatic heterocycles. The smallest absolute Gasteiger partial charge is 0.350 e. The van der Waals surface area contributed by atoms with Crippen molar-refractivity contribution in [3.8, 4) is 5.13 Å². The van der Waals surface area contributed by atoms with Crippen molar-refractivity contribution in [1.29, 1.82) is 0 Å². The van der Waals surface area contributed by atoms with Gasteiger partial charge in [-0.3, -0.25) is 0 Å². The Labute approximate surface area is 144 Å². The van der Waals surface area contributed by atoms with Crippen molar-refractivity contribution in [2.75, 3.05) is 6.61 Å². The predicted molar refractivity (Wildman–Crippen MR) is 91.6 cm³/mol. The second-order valence-electron chi connectivity index (χ2n) is 5.27. The summed E-state index contributed by atoms with van der Waals surface area (Å²) in [6.07, 6.45) is 3.57. The molecule has 2 heterocycles. The summed E-state index contributed by atoms with van der Waals surface area (Å²) in [5.41, 5.74) is 2.81. The number of benzene rings is 1. The topological polar surface area (TPSA) is 69.9 Å². The van der Waals surface area contributed by atoms with Crippen LogP contribution in [0, 0.1) is 6.92 Å². The number of hydrogen-bond acceptors (Lipinski definition) is 6. The third-order valence-corrected chi connectivity index (χ3v) is 4.62. The Morgan fingerprint density at radius 2 is 2.04 bits per heavy atom. The number of esters is 1. The highest BCUT2D eigenvalue weighted by atomic mass is 32.1. The van der Waals surface area contributed by atoms with Crippen LogP contribution < -0.4 is 0 Å². The predicted octanol–water partition coefficient (Wildman–Crippen LogP) is 2.99. The van der Waals surface area contributed by atoms with E-state index in [-0.39, 0.29) is 5.97 Å². The van der Waals surface area contributed by atoms with E-state index in [0.29, 0.717) is 22.3 Å². The van der Waals surface area contributed by atoms with E-state index in [4.69, 9.17) is 4.74 Å². The van der Waals surface area contributed by atoms with E-state index in [1.54, 1.807) is 18.5 Å². The van der Waals surface area contributed by atoms with Crippen molar-refractivity contribution in [1.82, 2.24) is 20.0 Å². The summed E-state index contributed by atoms with van der Waals surface area (Å²) in [5.74, 6) is -0.344. The summed E-state index contributed by atoms with van der Waals surface area (Å²) in [6.45, 7) is 3.92. The van der Waals surface area contributed by atoms with Gasteiger partial charge in [0, 0.05) is 0 Å². The first-order chi connectivity index (χ1) is 11.7. The van der Waals surface area contributed by atoms with Gasteiger partial charge in [-0.1, -0.05) is 46.9 Å². The second-order valence-corrected chi connectivity index (χ2v) is 6.25. The Morgan fingerprint density at radius 3 is 2.79 bits per heavy atom. The molecule has 1 aromatic carbocycles. The van der Waals surface area contributed by atoms with Crippen LogP contribution in [0.2, 0.25) is 0 Å². The van der Waals surface area contributed by atoms with E-state index in [0.717, 1.165) is 18.5 Å². The summed E-state index contributed by atoms with van der Waals surface area (Å²) in [6, 6.07) is 10.3. The molecule has 0 bridgehead atoms. The van der Waals surface area contributed by atoms with Gasteiger partial charge in [-0.25, -0.2) is 9.78 Å². The van der Waals surface area contributed by atoms with Crippen molar-refractivity contribution in [2.24, 2.45) is 0 Å². The van der Waals surface area contributed by atoms with Crippen LogP contribution in [0.3, 0.4) is 0 Å². The molecule has 7 heteroatoms. The zero-order valence-corrected chi connectivity index (χ0v) is 14.4. The third kappa shape index (κ3) is 3.68. The van der Waals surface area contributed by atoms with Gasteiger partial charge in [0.25, 0.3) is 0 Å². The lowest BCUT2D eigenvalue weighted by molar-refractivity contribution is 0.0531. The minimum absolute atomic E-state index is 0.344. The van der Waals surface area contributed by atoms with Crippen LogP contribution in [-0.2, 0) is 17.6 Å². The molecule has 6 nitrogen and oxygen atoms in total. The summed E-state index contributed by atoms with van der Waals surface area (Å²) in [4.78, 5) is 16.8. The van der Waals surface area contributed by atoms with E-state index in [1.807, 2.05) is 24.4 Å². The normalized spacial score (nSPS) is 10.8. The molecule has 0 amide bonds. The fraction of sp³-hybridized carbons (Fsp3) is 0.294. The Morgan fingerprint density at radius 1 is 1.25 bits per heavy atom. The minimum atomic E-state index is -0.344. The van der Waals surface area contributed by atoms with Crippen molar-refractivity contribution in [3.05, 3.63) is 58.4 Å². The zero-order chi connectivity index (χ0) is 16.9. The zero-order valence-electron chi connectivity index (χ0n) is 13.6. The molecule has 0 radical (unpaired) electrons. The molecule has 0 N–H and O–H groups in total. The van der Waals surface area contributed by atoms with Gasteiger partial charge in [-0.05, 0) is 32.3 Å². The quantitative estimate of drug-likeness (QED) is 0.644. The lowest BCUT2D eigenvalue weighted by Gasteiger charge is -1.97. The number of carbonyl (C=O) groups excluding carboxylic acids is 1. The van der Waals surface area contributed by atoms with E-state index in [2.05, 4.69) is 27.4 Å². The molecule has 0 atom stereocenters. The Hall–Kier alpha value is -2.54. The van der Waals surface area contributed by atoms with Crippen LogP contribution in [-0.4, -0.2) is 32.6 Å². The molecule has 124 valence electrons. The van der Waals surface area contributed by atoms with Gasteiger partial charge in [-0.2, -0.15) is 4.68 Å². The van der Waals surface area contributed by atoms with Crippen molar-refractivity contribution < 1.29 is 9.53 Å². The Kier molecular flexibility index (Phi) is 5.00. The average Bonchev–Trinajstić information content (AvgIpc) is 3.20. The van der Waals surface area contributed by atoms with Crippen LogP contribution in [0.4, 0.5) is 0 Å². The standard InChI is InChI=1S/C17H18N4O2S/c1-3-23-16(22)15-12(2)18-17(24-15)21-11-14(19-20-21)10-9-13-7-5-4-6-8-13/h4-8,11H,3,9-10H2,1-2H3. The molecular formula is C17H18N4O2S. The van der Waals surface area contributed by atoms with Gasteiger partial charge in [0.15, 0.2) is 0 Å². The van der Waals surface area contributed by atoms with Crippen LogP contribution in [0.15, 0.2) is 36.5 Å². The monoisotopic (exact) mass is 342 g/mol. The number of thiazole rings is 1. The Bertz CT molecular complexity index is 826.